The van der Waals surface area contributed by atoms with Gasteiger partial charge in [-0.25, -0.2) is 0 Å². The van der Waals surface area contributed by atoms with Crippen LogP contribution in [-0.2, 0) is 9.59 Å². The van der Waals surface area contributed by atoms with Gasteiger partial charge >= 0.3 is 0 Å². The maximum absolute atomic E-state index is 11.8. The van der Waals surface area contributed by atoms with E-state index < -0.39 is 5.41 Å². The highest BCUT2D eigenvalue weighted by Gasteiger charge is 2.22. The van der Waals surface area contributed by atoms with Crippen molar-refractivity contribution >= 4 is 17.5 Å². The molecule has 1 aromatic rings. The van der Waals surface area contributed by atoms with Gasteiger partial charge in [0, 0.05) is 50.2 Å². The van der Waals surface area contributed by atoms with Crippen molar-refractivity contribution in [2.24, 2.45) is 5.41 Å². The molecule has 0 bridgehead atoms. The molecule has 1 fully saturated rings. The van der Waals surface area contributed by atoms with E-state index >= 15 is 0 Å². The van der Waals surface area contributed by atoms with Crippen LogP contribution < -0.4 is 15.8 Å². The summed E-state index contributed by atoms with van der Waals surface area (Å²) < 4.78 is 0. The second-order valence-electron chi connectivity index (χ2n) is 7.17. The Hall–Kier alpha value is -2.08. The van der Waals surface area contributed by atoms with Gasteiger partial charge in [0.2, 0.25) is 11.8 Å². The molecular weight excluding hydrogens is 304 g/mol. The lowest BCUT2D eigenvalue weighted by Crippen LogP contribution is -2.49. The summed E-state index contributed by atoms with van der Waals surface area (Å²) in [5.74, 6) is -0.342. The fourth-order valence-electron chi connectivity index (χ4n) is 2.50. The molecule has 2 amide bonds. The SMILES string of the molecule is CC(C)(C)C(=O)NNC(=O)CCN1CCN(c2ccccc2)CC1. The highest BCUT2D eigenvalue weighted by Crippen LogP contribution is 2.15. The summed E-state index contributed by atoms with van der Waals surface area (Å²) in [6.07, 6.45) is 0.385. The van der Waals surface area contributed by atoms with Crippen molar-refractivity contribution in [3.05, 3.63) is 30.3 Å². The van der Waals surface area contributed by atoms with Gasteiger partial charge in [-0.1, -0.05) is 39.0 Å². The van der Waals surface area contributed by atoms with Crippen LogP contribution in [0.15, 0.2) is 30.3 Å². The van der Waals surface area contributed by atoms with E-state index in [1.54, 1.807) is 20.8 Å². The minimum atomic E-state index is -0.513. The molecule has 0 unspecified atom stereocenters. The van der Waals surface area contributed by atoms with Crippen molar-refractivity contribution in [1.29, 1.82) is 0 Å². The monoisotopic (exact) mass is 332 g/mol. The summed E-state index contributed by atoms with van der Waals surface area (Å²) in [5, 5.41) is 0. The van der Waals surface area contributed by atoms with E-state index in [2.05, 4.69) is 44.9 Å². The van der Waals surface area contributed by atoms with E-state index in [0.717, 1.165) is 26.2 Å². The Morgan fingerprint density at radius 1 is 1.00 bits per heavy atom. The molecule has 0 radical (unpaired) electrons. The molecule has 1 aliphatic rings. The number of benzene rings is 1. The molecule has 0 spiro atoms. The Balaban J connectivity index is 1.65. The third kappa shape index (κ3) is 5.53. The molecule has 1 aliphatic heterocycles. The molecule has 24 heavy (non-hydrogen) atoms. The van der Waals surface area contributed by atoms with Crippen LogP contribution in [0.1, 0.15) is 27.2 Å². The standard InChI is InChI=1S/C18H28N4O2/c1-18(2,3)17(24)20-19-16(23)9-10-21-11-13-22(14-12-21)15-7-5-4-6-8-15/h4-8H,9-14H2,1-3H3,(H,19,23)(H,20,24). The number of carbonyl (C=O) groups is 2. The second-order valence-corrected chi connectivity index (χ2v) is 7.17. The maximum atomic E-state index is 11.8. The van der Waals surface area contributed by atoms with Crippen LogP contribution in [0.3, 0.4) is 0 Å². The van der Waals surface area contributed by atoms with E-state index in [1.165, 1.54) is 5.69 Å². The van der Waals surface area contributed by atoms with Crippen LogP contribution in [-0.4, -0.2) is 49.4 Å². The Labute approximate surface area is 144 Å². The fraction of sp³-hybridized carbons (Fsp3) is 0.556. The minimum Gasteiger partial charge on any atom is -0.369 e. The quantitative estimate of drug-likeness (QED) is 0.818. The van der Waals surface area contributed by atoms with Crippen LogP contribution in [0.2, 0.25) is 0 Å². The Kier molecular flexibility index (Phi) is 6.20. The summed E-state index contributed by atoms with van der Waals surface area (Å²) in [7, 11) is 0. The van der Waals surface area contributed by atoms with Gasteiger partial charge in [-0.3, -0.25) is 25.3 Å². The number of anilines is 1. The molecule has 6 nitrogen and oxygen atoms in total. The van der Waals surface area contributed by atoms with Gasteiger partial charge in [0.25, 0.3) is 0 Å². The van der Waals surface area contributed by atoms with Crippen LogP contribution in [0, 0.1) is 5.41 Å². The van der Waals surface area contributed by atoms with Gasteiger partial charge < -0.3 is 4.90 Å². The summed E-state index contributed by atoms with van der Waals surface area (Å²) >= 11 is 0. The number of nitrogens with one attached hydrogen (secondary N) is 2. The lowest BCUT2D eigenvalue weighted by molar-refractivity contribution is -0.133. The van der Waals surface area contributed by atoms with Gasteiger partial charge in [0.05, 0.1) is 0 Å². The highest BCUT2D eigenvalue weighted by atomic mass is 16.2. The molecule has 2 rings (SSSR count). The van der Waals surface area contributed by atoms with Gasteiger partial charge in [0.15, 0.2) is 0 Å². The van der Waals surface area contributed by atoms with Crippen LogP contribution in [0.4, 0.5) is 5.69 Å². The van der Waals surface area contributed by atoms with Crippen molar-refractivity contribution in [3.63, 3.8) is 0 Å². The van der Waals surface area contributed by atoms with Crippen molar-refractivity contribution in [3.8, 4) is 0 Å². The second kappa shape index (κ2) is 8.15. The van der Waals surface area contributed by atoms with E-state index in [9.17, 15) is 9.59 Å². The number of para-hydroxylation sites is 1. The Bertz CT molecular complexity index is 546. The number of amides is 2. The van der Waals surface area contributed by atoms with Crippen molar-refractivity contribution < 1.29 is 9.59 Å². The molecule has 1 heterocycles. The zero-order valence-corrected chi connectivity index (χ0v) is 14.8. The maximum Gasteiger partial charge on any atom is 0.243 e. The van der Waals surface area contributed by atoms with Gasteiger partial charge in [-0.05, 0) is 12.1 Å². The molecule has 1 saturated heterocycles. The minimum absolute atomic E-state index is 0.155. The molecule has 0 aromatic heterocycles. The number of piperazine rings is 1. The number of hydrogen-bond donors (Lipinski definition) is 2. The van der Waals surface area contributed by atoms with E-state index in [4.69, 9.17) is 0 Å². The average Bonchev–Trinajstić information content (AvgIpc) is 2.58. The highest BCUT2D eigenvalue weighted by molar-refractivity contribution is 5.85. The smallest absolute Gasteiger partial charge is 0.243 e. The van der Waals surface area contributed by atoms with Crippen molar-refractivity contribution in [2.45, 2.75) is 27.2 Å². The Morgan fingerprint density at radius 2 is 1.62 bits per heavy atom. The first-order valence-corrected chi connectivity index (χ1v) is 8.48. The first kappa shape index (κ1) is 18.3. The number of carbonyl (C=O) groups excluding carboxylic acids is 2. The first-order valence-electron chi connectivity index (χ1n) is 8.48. The number of nitrogens with zero attached hydrogens (tertiary/aromatic N) is 2. The molecular formula is C18H28N4O2. The fourth-order valence-corrected chi connectivity index (χ4v) is 2.50. The molecule has 1 aromatic carbocycles. The Morgan fingerprint density at radius 3 is 2.21 bits per heavy atom. The predicted molar refractivity (Wildman–Crippen MR) is 95.5 cm³/mol. The number of hydrogen-bond acceptors (Lipinski definition) is 4. The third-order valence-corrected chi connectivity index (χ3v) is 4.15. The molecule has 132 valence electrons. The summed E-state index contributed by atoms with van der Waals surface area (Å²) in [5.41, 5.74) is 5.70. The van der Waals surface area contributed by atoms with Gasteiger partial charge in [-0.2, -0.15) is 0 Å². The summed E-state index contributed by atoms with van der Waals surface area (Å²) in [6.45, 7) is 9.94. The normalized spacial score (nSPS) is 15.9. The van der Waals surface area contributed by atoms with E-state index in [1.807, 2.05) is 6.07 Å². The van der Waals surface area contributed by atoms with E-state index in [0.29, 0.717) is 13.0 Å². The first-order chi connectivity index (χ1) is 11.4. The molecule has 6 heteroatoms. The van der Waals surface area contributed by atoms with Crippen molar-refractivity contribution in [2.75, 3.05) is 37.6 Å². The van der Waals surface area contributed by atoms with Gasteiger partial charge in [0.1, 0.15) is 0 Å². The predicted octanol–water partition coefficient (Wildman–Crippen LogP) is 1.39. The third-order valence-electron chi connectivity index (χ3n) is 4.15. The van der Waals surface area contributed by atoms with E-state index in [-0.39, 0.29) is 11.8 Å². The summed E-state index contributed by atoms with van der Waals surface area (Å²) in [4.78, 5) is 28.2. The van der Waals surface area contributed by atoms with Crippen LogP contribution in [0.25, 0.3) is 0 Å². The van der Waals surface area contributed by atoms with Crippen molar-refractivity contribution in [1.82, 2.24) is 15.8 Å². The average molecular weight is 332 g/mol. The lowest BCUT2D eigenvalue weighted by atomic mass is 9.96. The lowest BCUT2D eigenvalue weighted by Gasteiger charge is -2.36. The van der Waals surface area contributed by atoms with Gasteiger partial charge in [-0.15, -0.1) is 0 Å². The molecule has 0 aliphatic carbocycles. The number of hydrazine groups is 1. The van der Waals surface area contributed by atoms with Crippen LogP contribution in [0.5, 0.6) is 0 Å². The largest absolute Gasteiger partial charge is 0.369 e. The molecule has 0 atom stereocenters. The van der Waals surface area contributed by atoms with Crippen LogP contribution >= 0.6 is 0 Å². The molecule has 2 N–H and O–H groups in total. The summed E-state index contributed by atoms with van der Waals surface area (Å²) in [6, 6.07) is 10.4. The molecule has 0 saturated carbocycles. The zero-order chi connectivity index (χ0) is 17.6. The topological polar surface area (TPSA) is 64.7 Å². The number of rotatable bonds is 4. The zero-order valence-electron chi connectivity index (χ0n) is 14.8.